The molecule has 5 rings (SSSR count). The fourth-order valence-corrected chi connectivity index (χ4v) is 7.10. The van der Waals surface area contributed by atoms with Gasteiger partial charge in [-0.25, -0.2) is 0 Å². The summed E-state index contributed by atoms with van der Waals surface area (Å²) in [5.41, 5.74) is 6.11. The Kier molecular flexibility index (Phi) is 8.01. The second kappa shape index (κ2) is 11.2. The van der Waals surface area contributed by atoms with Gasteiger partial charge in [0.1, 0.15) is 22.8 Å². The van der Waals surface area contributed by atoms with E-state index in [1.54, 1.807) is 20.2 Å². The zero-order chi connectivity index (χ0) is 32.3. The lowest BCUT2D eigenvalue weighted by Crippen LogP contribution is -2.65. The molecule has 5 N–H and O–H groups in total. The first-order valence-corrected chi connectivity index (χ1v) is 15.2. The number of ether oxygens (including phenoxy) is 1. The van der Waals surface area contributed by atoms with E-state index in [4.69, 9.17) is 10.5 Å². The first kappa shape index (κ1) is 31.5. The molecule has 9 heteroatoms. The molecule has 2 aromatic carbocycles. The van der Waals surface area contributed by atoms with E-state index in [1.165, 1.54) is 10.5 Å². The van der Waals surface area contributed by atoms with Crippen LogP contribution in [0.4, 0.5) is 0 Å². The van der Waals surface area contributed by atoms with Gasteiger partial charge in [-0.05, 0) is 73.0 Å². The Hall–Kier alpha value is -3.95. The molecule has 0 aliphatic heterocycles. The van der Waals surface area contributed by atoms with Crippen LogP contribution in [0.15, 0.2) is 53.3 Å². The molecule has 0 saturated heterocycles. The van der Waals surface area contributed by atoms with E-state index in [9.17, 15) is 29.7 Å². The average molecular weight is 603 g/mol. The number of fused-ring (bicyclic) bond motifs is 3. The zero-order valence-electron chi connectivity index (χ0n) is 26.2. The molecule has 234 valence electrons. The van der Waals surface area contributed by atoms with E-state index in [1.807, 2.05) is 25.1 Å². The summed E-state index contributed by atoms with van der Waals surface area (Å²) in [7, 11) is 3.21. The Morgan fingerprint density at radius 3 is 2.32 bits per heavy atom. The van der Waals surface area contributed by atoms with Crippen LogP contribution in [-0.4, -0.2) is 70.0 Å². The number of ketones is 2. The van der Waals surface area contributed by atoms with E-state index in [0.717, 1.165) is 29.5 Å². The van der Waals surface area contributed by atoms with Gasteiger partial charge in [0, 0.05) is 11.5 Å². The number of primary amides is 1. The van der Waals surface area contributed by atoms with Crippen LogP contribution in [0.25, 0.3) is 16.9 Å². The summed E-state index contributed by atoms with van der Waals surface area (Å²) in [5.74, 6) is -5.56. The predicted molar refractivity (Wildman–Crippen MR) is 167 cm³/mol. The van der Waals surface area contributed by atoms with Crippen molar-refractivity contribution in [3.05, 3.63) is 70.0 Å². The minimum absolute atomic E-state index is 0.0289. The van der Waals surface area contributed by atoms with Crippen LogP contribution in [0.1, 0.15) is 63.6 Å². The monoisotopic (exact) mass is 602 g/mol. The summed E-state index contributed by atoms with van der Waals surface area (Å²) in [6.07, 6.45) is 2.12. The van der Waals surface area contributed by atoms with Gasteiger partial charge in [0.15, 0.2) is 11.4 Å². The Labute approximate surface area is 258 Å². The smallest absolute Gasteiger partial charge is 0.255 e. The highest BCUT2D eigenvalue weighted by atomic mass is 16.5. The summed E-state index contributed by atoms with van der Waals surface area (Å²) in [6.45, 7) is 8.89. The Balaban J connectivity index is 1.72. The first-order valence-electron chi connectivity index (χ1n) is 15.2. The fourth-order valence-electron chi connectivity index (χ4n) is 7.10. The van der Waals surface area contributed by atoms with Crippen molar-refractivity contribution < 1.29 is 34.4 Å². The van der Waals surface area contributed by atoms with Crippen LogP contribution >= 0.6 is 0 Å². The molecule has 3 aliphatic rings. The van der Waals surface area contributed by atoms with Gasteiger partial charge in [0.2, 0.25) is 5.78 Å². The van der Waals surface area contributed by atoms with Crippen LogP contribution in [-0.2, 0) is 26.2 Å². The predicted octanol–water partition coefficient (Wildman–Crippen LogP) is 4.40. The highest BCUT2D eigenvalue weighted by Crippen LogP contribution is 2.53. The quantitative estimate of drug-likeness (QED) is 0.269. The first-order chi connectivity index (χ1) is 20.6. The molecule has 0 aromatic heterocycles. The number of aliphatic hydroxyl groups is 3. The number of benzene rings is 2. The van der Waals surface area contributed by atoms with Crippen molar-refractivity contribution >= 4 is 23.2 Å². The van der Waals surface area contributed by atoms with Crippen molar-refractivity contribution in [1.82, 2.24) is 4.90 Å². The lowest BCUT2D eigenvalue weighted by molar-refractivity contribution is -0.153. The number of amides is 1. The summed E-state index contributed by atoms with van der Waals surface area (Å²) in [6, 6.07) is 10.9. The molecule has 1 saturated carbocycles. The minimum atomic E-state index is -2.62. The summed E-state index contributed by atoms with van der Waals surface area (Å²) in [4.78, 5) is 41.4. The van der Waals surface area contributed by atoms with Crippen LogP contribution in [0, 0.1) is 11.8 Å². The van der Waals surface area contributed by atoms with Gasteiger partial charge in [-0.1, -0.05) is 64.4 Å². The molecule has 44 heavy (non-hydrogen) atoms. The maximum absolute atomic E-state index is 14.3. The third kappa shape index (κ3) is 4.82. The maximum atomic E-state index is 14.3. The van der Waals surface area contributed by atoms with Gasteiger partial charge in [-0.2, -0.15) is 0 Å². The summed E-state index contributed by atoms with van der Waals surface area (Å²) >= 11 is 0. The van der Waals surface area contributed by atoms with Gasteiger partial charge >= 0.3 is 0 Å². The highest BCUT2D eigenvalue weighted by Gasteiger charge is 2.64. The van der Waals surface area contributed by atoms with Crippen molar-refractivity contribution in [3.8, 4) is 16.9 Å². The fraction of sp³-hybridized carbons (Fsp3) is 0.457. The number of hydrogen-bond acceptors (Lipinski definition) is 8. The molecular formula is C35H42N2O7. The molecule has 1 fully saturated rings. The third-order valence-corrected chi connectivity index (χ3v) is 9.41. The Bertz CT molecular complexity index is 1600. The van der Waals surface area contributed by atoms with Gasteiger partial charge in [-0.15, -0.1) is 0 Å². The molecular weight excluding hydrogens is 560 g/mol. The van der Waals surface area contributed by atoms with Crippen molar-refractivity contribution in [1.29, 1.82) is 0 Å². The number of likely N-dealkylation sites (N-methyl/N-ethyl adjacent to an activating group) is 1. The molecule has 0 bridgehead atoms. The summed E-state index contributed by atoms with van der Waals surface area (Å²) < 4.78 is 6.11. The van der Waals surface area contributed by atoms with E-state index >= 15 is 0 Å². The third-order valence-electron chi connectivity index (χ3n) is 9.41. The van der Waals surface area contributed by atoms with E-state index in [0.29, 0.717) is 24.3 Å². The number of unbranched alkanes of at least 4 members (excludes halogenated alkanes) is 1. The lowest BCUT2D eigenvalue weighted by Gasteiger charge is -2.50. The van der Waals surface area contributed by atoms with Gasteiger partial charge in [-0.3, -0.25) is 19.3 Å². The van der Waals surface area contributed by atoms with E-state index < -0.39 is 52.3 Å². The standard InChI is InChI=1S/C35H42N2O7/c1-7-8-15-44-24-14-13-21(18-9-11-20(12-10-18)34(2,3)4)22-16-19-17-23-28(37(5)6)30(39)27(33(36)42)32(41)35(23,43)31(40)25(19)29(38)26(22)24/h9-14,19,23,28,38,41,43H,7-8,15-17H2,1-6H3,(H2,36,42). The van der Waals surface area contributed by atoms with Crippen LogP contribution in [0.5, 0.6) is 5.75 Å². The van der Waals surface area contributed by atoms with Gasteiger partial charge < -0.3 is 25.8 Å². The number of rotatable bonds is 7. The largest absolute Gasteiger partial charge is 0.508 e. The van der Waals surface area contributed by atoms with Crippen molar-refractivity contribution in [2.24, 2.45) is 17.6 Å². The number of carbonyl (C=O) groups is 3. The molecule has 4 atom stereocenters. The number of Topliss-reactive ketones (excluding diaryl/α,β-unsaturated/α-hetero) is 2. The number of nitrogens with two attached hydrogens (primary N) is 1. The SMILES string of the molecule is CCCCOc1ccc(-c2ccc(C(C)(C)C)cc2)c2c1C(O)=C1C(=O)C3(O)C(O)=C(C(N)=O)C(=O)C(N(C)C)C3CC1C2. The van der Waals surface area contributed by atoms with Crippen LogP contribution < -0.4 is 10.5 Å². The number of aliphatic hydroxyl groups excluding tert-OH is 2. The topological polar surface area (TPSA) is 150 Å². The maximum Gasteiger partial charge on any atom is 0.255 e. The van der Waals surface area contributed by atoms with Gasteiger partial charge in [0.05, 0.1) is 18.2 Å². The number of hydrogen-bond donors (Lipinski definition) is 4. The van der Waals surface area contributed by atoms with Crippen molar-refractivity contribution in [3.63, 3.8) is 0 Å². The summed E-state index contributed by atoms with van der Waals surface area (Å²) in [5, 5.41) is 34.9. The molecule has 0 heterocycles. The molecule has 3 aliphatic carbocycles. The normalized spacial score (nSPS) is 25.1. The molecule has 0 spiro atoms. The molecule has 4 unspecified atom stereocenters. The molecule has 1 amide bonds. The molecule has 0 radical (unpaired) electrons. The van der Waals surface area contributed by atoms with Crippen LogP contribution in [0.3, 0.4) is 0 Å². The highest BCUT2D eigenvalue weighted by molar-refractivity contribution is 6.24. The van der Waals surface area contributed by atoms with E-state index in [2.05, 4.69) is 32.9 Å². The number of carbonyl (C=O) groups excluding carboxylic acids is 3. The number of nitrogens with zero attached hydrogens (tertiary/aromatic N) is 1. The average Bonchev–Trinajstić information content (AvgIpc) is 2.94. The minimum Gasteiger partial charge on any atom is -0.508 e. The van der Waals surface area contributed by atoms with E-state index in [-0.39, 0.29) is 23.2 Å². The van der Waals surface area contributed by atoms with Crippen molar-refractivity contribution in [2.75, 3.05) is 20.7 Å². The molecule has 9 nitrogen and oxygen atoms in total. The van der Waals surface area contributed by atoms with Crippen LogP contribution in [0.2, 0.25) is 0 Å². The van der Waals surface area contributed by atoms with Crippen molar-refractivity contribution in [2.45, 2.75) is 70.4 Å². The Morgan fingerprint density at radius 2 is 1.75 bits per heavy atom. The molecule has 2 aromatic rings. The van der Waals surface area contributed by atoms with Gasteiger partial charge in [0.25, 0.3) is 5.91 Å². The second-order valence-corrected chi connectivity index (χ2v) is 13.5. The second-order valence-electron chi connectivity index (χ2n) is 13.5. The zero-order valence-corrected chi connectivity index (χ0v) is 26.2. The lowest BCUT2D eigenvalue weighted by atomic mass is 9.57. The Morgan fingerprint density at radius 1 is 1.09 bits per heavy atom.